The molecule has 1 aliphatic heterocycles. The zero-order valence-corrected chi connectivity index (χ0v) is 12.0. The lowest BCUT2D eigenvalue weighted by Gasteiger charge is -2.34. The molecular weight excluding hydrogens is 236 g/mol. The van der Waals surface area contributed by atoms with Gasteiger partial charge in [0, 0.05) is 5.56 Å². The number of phenols is 1. The Morgan fingerprint density at radius 2 is 1.89 bits per heavy atom. The van der Waals surface area contributed by atoms with E-state index in [0.29, 0.717) is 11.7 Å². The molecule has 1 N–H and O–H groups in total. The summed E-state index contributed by atoms with van der Waals surface area (Å²) in [5.41, 5.74) is 2.20. The number of rotatable bonds is 1. The Balaban J connectivity index is 1.93. The first-order chi connectivity index (χ1) is 9.05. The highest BCUT2D eigenvalue weighted by molar-refractivity contribution is 5.48. The first kappa shape index (κ1) is 12.8. The minimum atomic E-state index is -0.0756. The molecule has 1 aromatic rings. The number of fused-ring (bicyclic) bond motifs is 1. The summed E-state index contributed by atoms with van der Waals surface area (Å²) in [6.07, 6.45) is 8.33. The summed E-state index contributed by atoms with van der Waals surface area (Å²) in [5, 5.41) is 10.3. The van der Waals surface area contributed by atoms with Crippen molar-refractivity contribution in [3.63, 3.8) is 0 Å². The van der Waals surface area contributed by atoms with Crippen molar-refractivity contribution in [3.05, 3.63) is 23.3 Å². The van der Waals surface area contributed by atoms with Crippen molar-refractivity contribution < 1.29 is 9.84 Å². The molecule has 1 saturated carbocycles. The maximum atomic E-state index is 10.3. The van der Waals surface area contributed by atoms with Crippen LogP contribution in [0, 0.1) is 0 Å². The molecule has 2 heteroatoms. The van der Waals surface area contributed by atoms with Crippen molar-refractivity contribution >= 4 is 0 Å². The van der Waals surface area contributed by atoms with Gasteiger partial charge in [0.05, 0.1) is 0 Å². The quantitative estimate of drug-likeness (QED) is 0.803. The number of hydrogen-bond acceptors (Lipinski definition) is 2. The highest BCUT2D eigenvalue weighted by Gasteiger charge is 2.29. The van der Waals surface area contributed by atoms with Crippen molar-refractivity contribution in [2.75, 3.05) is 0 Å². The van der Waals surface area contributed by atoms with E-state index in [4.69, 9.17) is 4.74 Å². The molecule has 1 fully saturated rings. The van der Waals surface area contributed by atoms with Crippen LogP contribution in [0.4, 0.5) is 0 Å². The van der Waals surface area contributed by atoms with Crippen LogP contribution in [0.15, 0.2) is 12.1 Å². The minimum absolute atomic E-state index is 0.0756. The monoisotopic (exact) mass is 260 g/mol. The van der Waals surface area contributed by atoms with E-state index in [1.54, 1.807) is 0 Å². The van der Waals surface area contributed by atoms with Gasteiger partial charge in [-0.15, -0.1) is 0 Å². The first-order valence-electron chi connectivity index (χ1n) is 7.60. The van der Waals surface area contributed by atoms with Gasteiger partial charge in [-0.3, -0.25) is 0 Å². The summed E-state index contributed by atoms with van der Waals surface area (Å²) in [7, 11) is 0. The van der Waals surface area contributed by atoms with Gasteiger partial charge in [0.25, 0.3) is 0 Å². The number of aryl methyl sites for hydroxylation is 1. The van der Waals surface area contributed by atoms with Crippen LogP contribution in [0.3, 0.4) is 0 Å². The zero-order valence-electron chi connectivity index (χ0n) is 12.0. The van der Waals surface area contributed by atoms with E-state index in [9.17, 15) is 5.11 Å². The Morgan fingerprint density at radius 3 is 2.63 bits per heavy atom. The lowest BCUT2D eigenvalue weighted by molar-refractivity contribution is 0.0843. The summed E-state index contributed by atoms with van der Waals surface area (Å²) in [4.78, 5) is 0. The third-order valence-electron chi connectivity index (χ3n) is 4.64. The molecule has 0 unspecified atom stereocenters. The van der Waals surface area contributed by atoms with Gasteiger partial charge in [-0.05, 0) is 63.1 Å². The standard InChI is InChI=1S/C17H24O2/c1-17(2)9-8-13-10-15(18)14(11-16(13)19-17)12-6-4-3-5-7-12/h10-12,18H,3-9H2,1-2H3. The average molecular weight is 260 g/mol. The fraction of sp³-hybridized carbons (Fsp3) is 0.647. The summed E-state index contributed by atoms with van der Waals surface area (Å²) in [5.74, 6) is 2.00. The van der Waals surface area contributed by atoms with Gasteiger partial charge in [0.15, 0.2) is 0 Å². The van der Waals surface area contributed by atoms with E-state index in [1.807, 2.05) is 6.07 Å². The second kappa shape index (κ2) is 4.73. The number of hydrogen-bond donors (Lipinski definition) is 1. The molecular formula is C17H24O2. The van der Waals surface area contributed by atoms with Gasteiger partial charge >= 0.3 is 0 Å². The van der Waals surface area contributed by atoms with Crippen molar-refractivity contribution in [2.24, 2.45) is 0 Å². The molecule has 0 spiro atoms. The molecule has 2 nitrogen and oxygen atoms in total. The summed E-state index contributed by atoms with van der Waals surface area (Å²) in [6.45, 7) is 4.28. The van der Waals surface area contributed by atoms with Crippen LogP contribution in [0.1, 0.15) is 69.4 Å². The maximum absolute atomic E-state index is 10.3. The van der Waals surface area contributed by atoms with Crippen LogP contribution in [0.5, 0.6) is 11.5 Å². The molecule has 0 atom stereocenters. The maximum Gasteiger partial charge on any atom is 0.123 e. The van der Waals surface area contributed by atoms with Gasteiger partial charge in [-0.1, -0.05) is 19.3 Å². The SMILES string of the molecule is CC1(C)CCc2cc(O)c(C3CCCCC3)cc2O1. The van der Waals surface area contributed by atoms with E-state index < -0.39 is 0 Å². The van der Waals surface area contributed by atoms with Gasteiger partial charge in [0.2, 0.25) is 0 Å². The van der Waals surface area contributed by atoms with E-state index in [0.717, 1.165) is 29.7 Å². The van der Waals surface area contributed by atoms with E-state index >= 15 is 0 Å². The molecule has 1 heterocycles. The molecule has 104 valence electrons. The second-order valence-electron chi connectivity index (χ2n) is 6.72. The van der Waals surface area contributed by atoms with Gasteiger partial charge in [-0.25, -0.2) is 0 Å². The third kappa shape index (κ3) is 2.58. The minimum Gasteiger partial charge on any atom is -0.508 e. The Kier molecular flexibility index (Phi) is 3.20. The van der Waals surface area contributed by atoms with Crippen molar-refractivity contribution in [1.82, 2.24) is 0 Å². The van der Waals surface area contributed by atoms with Gasteiger partial charge in [0.1, 0.15) is 17.1 Å². The van der Waals surface area contributed by atoms with Crippen LogP contribution < -0.4 is 4.74 Å². The van der Waals surface area contributed by atoms with E-state index in [-0.39, 0.29) is 5.60 Å². The summed E-state index contributed by atoms with van der Waals surface area (Å²) in [6, 6.07) is 4.05. The Hall–Kier alpha value is -1.18. The third-order valence-corrected chi connectivity index (χ3v) is 4.64. The number of ether oxygens (including phenoxy) is 1. The van der Waals surface area contributed by atoms with Crippen LogP contribution in [0.25, 0.3) is 0 Å². The molecule has 0 amide bonds. The Bertz CT molecular complexity index is 470. The fourth-order valence-corrected chi connectivity index (χ4v) is 3.44. The van der Waals surface area contributed by atoms with Crippen LogP contribution in [0.2, 0.25) is 0 Å². The molecule has 19 heavy (non-hydrogen) atoms. The fourth-order valence-electron chi connectivity index (χ4n) is 3.44. The molecule has 1 aromatic carbocycles. The highest BCUT2D eigenvalue weighted by Crippen LogP contribution is 2.43. The molecule has 0 aromatic heterocycles. The summed E-state index contributed by atoms with van der Waals surface area (Å²) < 4.78 is 6.09. The average Bonchev–Trinajstić information content (AvgIpc) is 2.39. The first-order valence-corrected chi connectivity index (χ1v) is 7.60. The molecule has 0 saturated heterocycles. The van der Waals surface area contributed by atoms with E-state index in [2.05, 4.69) is 19.9 Å². The van der Waals surface area contributed by atoms with Crippen molar-refractivity contribution in [2.45, 2.75) is 70.3 Å². The van der Waals surface area contributed by atoms with Crippen LogP contribution >= 0.6 is 0 Å². The van der Waals surface area contributed by atoms with Crippen molar-refractivity contribution in [3.8, 4) is 11.5 Å². The predicted molar refractivity (Wildman–Crippen MR) is 77.0 cm³/mol. The van der Waals surface area contributed by atoms with Gasteiger partial charge in [-0.2, -0.15) is 0 Å². The highest BCUT2D eigenvalue weighted by atomic mass is 16.5. The topological polar surface area (TPSA) is 29.5 Å². The van der Waals surface area contributed by atoms with E-state index in [1.165, 1.54) is 32.1 Å². The molecule has 2 aliphatic rings. The lowest BCUT2D eigenvalue weighted by Crippen LogP contribution is -2.32. The zero-order chi connectivity index (χ0) is 13.5. The Labute approximate surface area is 115 Å². The second-order valence-corrected chi connectivity index (χ2v) is 6.72. The van der Waals surface area contributed by atoms with Crippen LogP contribution in [-0.2, 0) is 6.42 Å². The predicted octanol–water partition coefficient (Wildman–Crippen LogP) is 4.54. The Morgan fingerprint density at radius 1 is 1.16 bits per heavy atom. The molecule has 1 aliphatic carbocycles. The largest absolute Gasteiger partial charge is 0.508 e. The molecule has 0 bridgehead atoms. The summed E-state index contributed by atoms with van der Waals surface area (Å²) >= 11 is 0. The smallest absolute Gasteiger partial charge is 0.123 e. The number of aromatic hydroxyl groups is 1. The molecule has 0 radical (unpaired) electrons. The van der Waals surface area contributed by atoms with Gasteiger partial charge < -0.3 is 9.84 Å². The normalized spacial score (nSPS) is 22.6. The number of benzene rings is 1. The lowest BCUT2D eigenvalue weighted by atomic mass is 9.82. The molecule has 3 rings (SSSR count). The van der Waals surface area contributed by atoms with Crippen molar-refractivity contribution in [1.29, 1.82) is 0 Å². The number of phenolic OH excluding ortho intramolecular Hbond substituents is 1. The van der Waals surface area contributed by atoms with Crippen LogP contribution in [-0.4, -0.2) is 10.7 Å².